The number of carboxylic acid groups (broad SMARTS) is 1. The maximum Gasteiger partial charge on any atom is 0.306 e. The number of ketones is 1. The first kappa shape index (κ1) is 21.1. The zero-order chi connectivity index (χ0) is 19.1. The Kier molecular flexibility index (Phi) is 8.29. The van der Waals surface area contributed by atoms with Crippen molar-refractivity contribution in [3.8, 4) is 0 Å². The van der Waals surface area contributed by atoms with Gasteiger partial charge in [0, 0.05) is 18.3 Å². The van der Waals surface area contributed by atoms with Crippen LogP contribution in [0.15, 0.2) is 12.2 Å². The van der Waals surface area contributed by atoms with Crippen LogP contribution in [0.4, 0.5) is 0 Å². The highest BCUT2D eigenvalue weighted by Crippen LogP contribution is 2.43. The summed E-state index contributed by atoms with van der Waals surface area (Å²) in [5.41, 5.74) is 0. The van der Waals surface area contributed by atoms with E-state index in [0.29, 0.717) is 5.92 Å². The minimum atomic E-state index is -0.688. The molecule has 3 N–H and O–H groups in total. The topological polar surface area (TPSA) is 94.8 Å². The van der Waals surface area contributed by atoms with Gasteiger partial charge in [0.05, 0.1) is 18.1 Å². The average Bonchev–Trinajstić information content (AvgIpc) is 3.31. The molecule has 0 aromatic rings. The van der Waals surface area contributed by atoms with Gasteiger partial charge in [-0.05, 0) is 31.6 Å². The molecule has 0 aromatic heterocycles. The number of carbonyl (C=O) groups is 2. The van der Waals surface area contributed by atoms with E-state index in [-0.39, 0.29) is 30.0 Å². The summed E-state index contributed by atoms with van der Waals surface area (Å²) in [5.74, 6) is -0.787. The van der Waals surface area contributed by atoms with Gasteiger partial charge in [0.1, 0.15) is 5.78 Å². The van der Waals surface area contributed by atoms with Gasteiger partial charge >= 0.3 is 5.97 Å². The van der Waals surface area contributed by atoms with Gasteiger partial charge in [0.2, 0.25) is 0 Å². The van der Waals surface area contributed by atoms with E-state index in [2.05, 4.69) is 6.92 Å². The van der Waals surface area contributed by atoms with Crippen molar-refractivity contribution in [2.45, 2.75) is 83.3 Å². The quantitative estimate of drug-likeness (QED) is 0.364. The maximum absolute atomic E-state index is 12.2. The molecule has 5 nitrogen and oxygen atoms in total. The van der Waals surface area contributed by atoms with Gasteiger partial charge in [0.15, 0.2) is 0 Å². The number of Topliss-reactive ketones (excluding diaryl/α,β-unsaturated/α-hetero) is 1. The molecule has 26 heavy (non-hydrogen) atoms. The predicted molar refractivity (Wildman–Crippen MR) is 99.6 cm³/mol. The van der Waals surface area contributed by atoms with Crippen molar-refractivity contribution in [2.24, 2.45) is 23.7 Å². The lowest BCUT2D eigenvalue weighted by Crippen LogP contribution is -2.19. The van der Waals surface area contributed by atoms with Gasteiger partial charge in [-0.15, -0.1) is 0 Å². The fourth-order valence-corrected chi connectivity index (χ4v) is 4.19. The highest BCUT2D eigenvalue weighted by Gasteiger charge is 2.43. The van der Waals surface area contributed by atoms with Crippen LogP contribution < -0.4 is 0 Å². The Labute approximate surface area is 156 Å². The Morgan fingerprint density at radius 3 is 2.62 bits per heavy atom. The number of aliphatic hydroxyl groups is 2. The van der Waals surface area contributed by atoms with Crippen LogP contribution >= 0.6 is 0 Å². The van der Waals surface area contributed by atoms with Crippen molar-refractivity contribution in [3.63, 3.8) is 0 Å². The number of hydrogen-bond acceptors (Lipinski definition) is 4. The number of aliphatic hydroxyl groups excluding tert-OH is 2. The molecule has 0 amide bonds. The monoisotopic (exact) mass is 366 g/mol. The zero-order valence-electron chi connectivity index (χ0n) is 15.8. The highest BCUT2D eigenvalue weighted by atomic mass is 16.4. The lowest BCUT2D eigenvalue weighted by Gasteiger charge is -2.18. The second-order valence-electron chi connectivity index (χ2n) is 8.09. The molecule has 6 atom stereocenters. The molecular weight excluding hydrogens is 332 g/mol. The Balaban J connectivity index is 1.74. The molecule has 0 bridgehead atoms. The third-order valence-corrected chi connectivity index (χ3v) is 5.97. The molecule has 0 aliphatic heterocycles. The number of hydrogen-bond donors (Lipinski definition) is 3. The average molecular weight is 366 g/mol. The van der Waals surface area contributed by atoms with E-state index < -0.39 is 18.2 Å². The van der Waals surface area contributed by atoms with Crippen molar-refractivity contribution < 1.29 is 24.9 Å². The first-order valence-corrected chi connectivity index (χ1v) is 10.2. The summed E-state index contributed by atoms with van der Waals surface area (Å²) in [5, 5.41) is 29.1. The van der Waals surface area contributed by atoms with Gasteiger partial charge in [-0.3, -0.25) is 9.59 Å². The lowest BCUT2D eigenvalue weighted by molar-refractivity contribution is -0.138. The minimum Gasteiger partial charge on any atom is -0.481 e. The van der Waals surface area contributed by atoms with E-state index in [4.69, 9.17) is 5.11 Å². The standard InChI is InChI=1S/C21H34O5/c1-2-3-4-8-15(22)10-11-17-16(19(23)13-20(17)24)9-6-5-7-14-12-18(14)21(25)26/h10-11,14-18,20,22,24H,2-9,12-13H2,1H3,(H,25,26)/b11-10+/t14-,15+,16-,17-,18-,20-/m1/s1. The molecule has 0 aromatic carbocycles. The number of rotatable bonds is 12. The summed E-state index contributed by atoms with van der Waals surface area (Å²) in [7, 11) is 0. The Morgan fingerprint density at radius 2 is 1.96 bits per heavy atom. The molecule has 0 unspecified atom stereocenters. The Hall–Kier alpha value is -1.20. The fourth-order valence-electron chi connectivity index (χ4n) is 4.19. The van der Waals surface area contributed by atoms with Crippen LogP contribution in [0.3, 0.4) is 0 Å². The summed E-state index contributed by atoms with van der Waals surface area (Å²) < 4.78 is 0. The van der Waals surface area contributed by atoms with E-state index in [0.717, 1.165) is 57.8 Å². The number of unbranched alkanes of at least 4 members (excludes halogenated alkanes) is 3. The van der Waals surface area contributed by atoms with Crippen molar-refractivity contribution in [1.29, 1.82) is 0 Å². The molecule has 0 saturated heterocycles. The number of carbonyl (C=O) groups excluding carboxylic acids is 1. The first-order chi connectivity index (χ1) is 12.4. The number of aliphatic carboxylic acids is 1. The van der Waals surface area contributed by atoms with E-state index in [1.54, 1.807) is 6.08 Å². The smallest absolute Gasteiger partial charge is 0.306 e. The molecule has 2 aliphatic rings. The SMILES string of the molecule is CCCCC[C@H](O)/C=C/[C@H]1[C@H](O)CC(=O)[C@@H]1CCCC[C@@H]1C[C@H]1C(=O)O. The molecule has 5 heteroatoms. The fraction of sp³-hybridized carbons (Fsp3) is 0.810. The zero-order valence-corrected chi connectivity index (χ0v) is 15.8. The normalized spacial score (nSPS) is 32.3. The van der Waals surface area contributed by atoms with Gasteiger partial charge < -0.3 is 15.3 Å². The van der Waals surface area contributed by atoms with E-state index in [9.17, 15) is 19.8 Å². The van der Waals surface area contributed by atoms with Crippen molar-refractivity contribution in [3.05, 3.63) is 12.2 Å². The van der Waals surface area contributed by atoms with Crippen LogP contribution in [0, 0.1) is 23.7 Å². The highest BCUT2D eigenvalue weighted by molar-refractivity contribution is 5.84. The van der Waals surface area contributed by atoms with E-state index in [1.807, 2.05) is 6.08 Å². The van der Waals surface area contributed by atoms with Crippen LogP contribution in [0.5, 0.6) is 0 Å². The maximum atomic E-state index is 12.2. The largest absolute Gasteiger partial charge is 0.481 e. The van der Waals surface area contributed by atoms with Crippen LogP contribution in [-0.2, 0) is 9.59 Å². The summed E-state index contributed by atoms with van der Waals surface area (Å²) in [6.07, 6.45) is 10.8. The molecule has 2 fully saturated rings. The van der Waals surface area contributed by atoms with Gasteiger partial charge in [0.25, 0.3) is 0 Å². The van der Waals surface area contributed by atoms with Crippen molar-refractivity contribution >= 4 is 11.8 Å². The van der Waals surface area contributed by atoms with Crippen LogP contribution in [-0.4, -0.2) is 39.3 Å². The summed E-state index contributed by atoms with van der Waals surface area (Å²) in [6, 6.07) is 0. The van der Waals surface area contributed by atoms with Crippen LogP contribution in [0.1, 0.15) is 71.1 Å². The molecule has 2 aliphatic carbocycles. The van der Waals surface area contributed by atoms with E-state index in [1.165, 1.54) is 0 Å². The third-order valence-electron chi connectivity index (χ3n) is 5.97. The van der Waals surface area contributed by atoms with Gasteiger partial charge in [-0.2, -0.15) is 0 Å². The van der Waals surface area contributed by atoms with E-state index >= 15 is 0 Å². The molecule has 2 rings (SSSR count). The lowest BCUT2D eigenvalue weighted by atomic mass is 9.88. The molecule has 2 saturated carbocycles. The molecule has 148 valence electrons. The summed E-state index contributed by atoms with van der Waals surface area (Å²) in [4.78, 5) is 23.0. The molecule has 0 radical (unpaired) electrons. The minimum absolute atomic E-state index is 0.113. The van der Waals surface area contributed by atoms with Gasteiger partial charge in [-0.25, -0.2) is 0 Å². The molecule has 0 heterocycles. The molecule has 0 spiro atoms. The Bertz CT molecular complexity index is 501. The van der Waals surface area contributed by atoms with Crippen molar-refractivity contribution in [1.82, 2.24) is 0 Å². The second kappa shape index (κ2) is 10.2. The summed E-state index contributed by atoms with van der Waals surface area (Å²) in [6.45, 7) is 2.12. The van der Waals surface area contributed by atoms with Crippen molar-refractivity contribution in [2.75, 3.05) is 0 Å². The molecular formula is C21H34O5. The van der Waals surface area contributed by atoms with Crippen LogP contribution in [0.2, 0.25) is 0 Å². The third kappa shape index (κ3) is 6.20. The summed E-state index contributed by atoms with van der Waals surface area (Å²) >= 11 is 0. The first-order valence-electron chi connectivity index (χ1n) is 10.2. The van der Waals surface area contributed by atoms with Crippen LogP contribution in [0.25, 0.3) is 0 Å². The number of carboxylic acids is 1. The Morgan fingerprint density at radius 1 is 1.23 bits per heavy atom. The van der Waals surface area contributed by atoms with Gasteiger partial charge in [-0.1, -0.05) is 51.2 Å². The predicted octanol–water partition coefficient (Wildman–Crippen LogP) is 3.33. The second-order valence-corrected chi connectivity index (χ2v) is 8.09.